The lowest BCUT2D eigenvalue weighted by Crippen LogP contribution is -2.58. The number of hydrogen-bond acceptors (Lipinski definition) is 6. The lowest BCUT2D eigenvalue weighted by molar-refractivity contribution is -0.148. The first-order valence-electron chi connectivity index (χ1n) is 12.5. The predicted octanol–water partition coefficient (Wildman–Crippen LogP) is 3.40. The third-order valence-corrected chi connectivity index (χ3v) is 5.88. The molecule has 3 N–H and O–H groups in total. The van der Waals surface area contributed by atoms with Crippen molar-refractivity contribution in [3.05, 3.63) is 102 Å². The van der Waals surface area contributed by atoms with Crippen LogP contribution in [0.2, 0.25) is 0 Å². The average molecular weight is 519 g/mol. The molecule has 200 valence electrons. The van der Waals surface area contributed by atoms with Crippen molar-refractivity contribution in [1.29, 1.82) is 0 Å². The zero-order valence-electron chi connectivity index (χ0n) is 21.6. The Balaban J connectivity index is 1.75. The molecule has 0 radical (unpaired) electrons. The molecule has 0 aliphatic rings. The molecule has 0 saturated heterocycles. The van der Waals surface area contributed by atoms with Gasteiger partial charge in [-0.15, -0.1) is 0 Å². The average Bonchev–Trinajstić information content (AvgIpc) is 2.91. The number of hydrogen-bond donors (Lipinski definition) is 3. The van der Waals surface area contributed by atoms with Gasteiger partial charge >= 0.3 is 11.9 Å². The quantitative estimate of drug-likeness (QED) is 0.221. The van der Waals surface area contributed by atoms with Crippen molar-refractivity contribution in [3.63, 3.8) is 0 Å². The molecule has 3 rings (SSSR count). The van der Waals surface area contributed by atoms with Crippen molar-refractivity contribution in [2.75, 3.05) is 13.2 Å². The van der Waals surface area contributed by atoms with Crippen molar-refractivity contribution in [2.24, 2.45) is 0 Å². The fourth-order valence-corrected chi connectivity index (χ4v) is 3.75. The highest BCUT2D eigenvalue weighted by Gasteiger charge is 2.34. The number of esters is 1. The van der Waals surface area contributed by atoms with Crippen molar-refractivity contribution < 1.29 is 29.0 Å². The second kappa shape index (κ2) is 13.9. The van der Waals surface area contributed by atoms with Gasteiger partial charge < -0.3 is 19.9 Å². The van der Waals surface area contributed by atoms with E-state index < -0.39 is 35.5 Å². The molecule has 3 aromatic rings. The van der Waals surface area contributed by atoms with E-state index in [1.807, 2.05) is 91.0 Å². The maximum absolute atomic E-state index is 13.3. The smallest absolute Gasteiger partial charge is 0.328 e. The maximum atomic E-state index is 13.3. The summed E-state index contributed by atoms with van der Waals surface area (Å²) in [6.07, 6.45) is 0.526. The number of benzene rings is 3. The number of carbonyl (C=O) groups excluding carboxylic acids is 2. The molecule has 2 atom stereocenters. The first-order valence-corrected chi connectivity index (χ1v) is 12.5. The number of carboxylic acids is 1. The highest BCUT2D eigenvalue weighted by Crippen LogP contribution is 2.12. The summed E-state index contributed by atoms with van der Waals surface area (Å²) in [4.78, 5) is 38.1. The van der Waals surface area contributed by atoms with Gasteiger partial charge in [-0.1, -0.05) is 78.9 Å². The normalized spacial score (nSPS) is 12.7. The minimum Gasteiger partial charge on any atom is -0.490 e. The van der Waals surface area contributed by atoms with E-state index in [-0.39, 0.29) is 26.1 Å². The van der Waals surface area contributed by atoms with Crippen LogP contribution in [-0.4, -0.2) is 53.8 Å². The standard InChI is InChI=1S/C30H34N2O6/c1-30(2,29(35)36)32-27(33)25(20-22-12-6-3-7-13-22)31-26(21-23-14-8-4-9-15-23)28(34)38-19-18-37-24-16-10-5-11-17-24/h3-17,25-26,31H,18-21H2,1-2H3,(H,32,33)(H,35,36)/t25-,26?/m0/s1. The molecular weight excluding hydrogens is 484 g/mol. The van der Waals surface area contributed by atoms with Gasteiger partial charge in [0.05, 0.1) is 6.04 Å². The van der Waals surface area contributed by atoms with Crippen LogP contribution in [0, 0.1) is 0 Å². The Bertz CT molecular complexity index is 1170. The van der Waals surface area contributed by atoms with Crippen LogP contribution in [0.3, 0.4) is 0 Å². The zero-order valence-corrected chi connectivity index (χ0v) is 21.6. The van der Waals surface area contributed by atoms with Gasteiger partial charge in [0.15, 0.2) is 0 Å². The molecule has 0 fully saturated rings. The second-order valence-electron chi connectivity index (χ2n) is 9.40. The Morgan fingerprint density at radius 1 is 0.763 bits per heavy atom. The first-order chi connectivity index (χ1) is 18.2. The number of ether oxygens (including phenoxy) is 2. The molecule has 0 bridgehead atoms. The minimum atomic E-state index is -1.49. The molecular formula is C30H34N2O6. The van der Waals surface area contributed by atoms with Crippen LogP contribution in [0.5, 0.6) is 5.75 Å². The number of carbonyl (C=O) groups is 3. The van der Waals surface area contributed by atoms with Gasteiger partial charge in [0.2, 0.25) is 5.91 Å². The number of carboxylic acid groups (broad SMARTS) is 1. The van der Waals surface area contributed by atoms with Gasteiger partial charge in [0.25, 0.3) is 0 Å². The Hall–Kier alpha value is -4.17. The molecule has 0 spiro atoms. The fraction of sp³-hybridized carbons (Fsp3) is 0.300. The van der Waals surface area contributed by atoms with Crippen LogP contribution in [0.15, 0.2) is 91.0 Å². The van der Waals surface area contributed by atoms with Crippen molar-refractivity contribution in [1.82, 2.24) is 10.6 Å². The summed E-state index contributed by atoms with van der Waals surface area (Å²) in [7, 11) is 0. The summed E-state index contributed by atoms with van der Waals surface area (Å²) in [5.74, 6) is -1.56. The second-order valence-corrected chi connectivity index (χ2v) is 9.40. The Morgan fingerprint density at radius 3 is 1.79 bits per heavy atom. The van der Waals surface area contributed by atoms with Crippen LogP contribution < -0.4 is 15.4 Å². The summed E-state index contributed by atoms with van der Waals surface area (Å²) >= 11 is 0. The summed E-state index contributed by atoms with van der Waals surface area (Å²) in [5.41, 5.74) is 0.251. The van der Waals surface area contributed by atoms with E-state index in [1.165, 1.54) is 13.8 Å². The van der Waals surface area contributed by atoms with Crippen LogP contribution in [0.4, 0.5) is 0 Å². The molecule has 38 heavy (non-hydrogen) atoms. The fourth-order valence-electron chi connectivity index (χ4n) is 3.75. The third kappa shape index (κ3) is 9.05. The molecule has 8 heteroatoms. The van der Waals surface area contributed by atoms with Gasteiger partial charge in [-0.3, -0.25) is 14.9 Å². The summed E-state index contributed by atoms with van der Waals surface area (Å²) in [5, 5.41) is 15.2. The number of rotatable bonds is 14. The molecule has 3 aromatic carbocycles. The highest BCUT2D eigenvalue weighted by molar-refractivity contribution is 5.89. The number of amides is 1. The number of para-hydroxylation sites is 1. The lowest BCUT2D eigenvalue weighted by atomic mass is 9.99. The minimum absolute atomic E-state index is 0.0301. The summed E-state index contributed by atoms with van der Waals surface area (Å²) < 4.78 is 11.1. The largest absolute Gasteiger partial charge is 0.490 e. The molecule has 0 aromatic heterocycles. The van der Waals surface area contributed by atoms with Crippen LogP contribution in [0.1, 0.15) is 25.0 Å². The van der Waals surface area contributed by atoms with Crippen LogP contribution in [0.25, 0.3) is 0 Å². The molecule has 0 heterocycles. The van der Waals surface area contributed by atoms with Crippen LogP contribution >= 0.6 is 0 Å². The van der Waals surface area contributed by atoms with Gasteiger partial charge in [-0.25, -0.2) is 4.79 Å². The van der Waals surface area contributed by atoms with Gasteiger partial charge in [-0.2, -0.15) is 0 Å². The Labute approximate surface area is 223 Å². The zero-order chi connectivity index (χ0) is 27.4. The first kappa shape index (κ1) is 28.4. The van der Waals surface area contributed by atoms with E-state index >= 15 is 0 Å². The van der Waals surface area contributed by atoms with E-state index in [2.05, 4.69) is 10.6 Å². The molecule has 1 amide bonds. The van der Waals surface area contributed by atoms with E-state index in [0.717, 1.165) is 11.1 Å². The molecule has 8 nitrogen and oxygen atoms in total. The predicted molar refractivity (Wildman–Crippen MR) is 144 cm³/mol. The SMILES string of the molecule is CC(C)(NC(=O)[C@H](Cc1ccccc1)NC(Cc1ccccc1)C(=O)OCCOc1ccccc1)C(=O)O. The van der Waals surface area contributed by atoms with Crippen molar-refractivity contribution >= 4 is 17.8 Å². The maximum Gasteiger partial charge on any atom is 0.328 e. The number of nitrogens with one attached hydrogen (secondary N) is 2. The van der Waals surface area contributed by atoms with Gasteiger partial charge in [0.1, 0.15) is 30.5 Å². The monoisotopic (exact) mass is 518 g/mol. The van der Waals surface area contributed by atoms with E-state index in [4.69, 9.17) is 9.47 Å². The molecule has 0 aliphatic carbocycles. The lowest BCUT2D eigenvalue weighted by Gasteiger charge is -2.28. The molecule has 1 unspecified atom stereocenters. The van der Waals surface area contributed by atoms with Crippen molar-refractivity contribution in [2.45, 2.75) is 44.3 Å². The molecule has 0 aliphatic heterocycles. The highest BCUT2D eigenvalue weighted by atomic mass is 16.6. The summed E-state index contributed by atoms with van der Waals surface area (Å²) in [6.45, 7) is 3.03. The van der Waals surface area contributed by atoms with Crippen molar-refractivity contribution in [3.8, 4) is 5.75 Å². The summed E-state index contributed by atoms with van der Waals surface area (Å²) in [6, 6.07) is 26.2. The molecule has 0 saturated carbocycles. The Morgan fingerprint density at radius 2 is 1.26 bits per heavy atom. The van der Waals surface area contributed by atoms with E-state index in [0.29, 0.717) is 5.75 Å². The van der Waals surface area contributed by atoms with Gasteiger partial charge in [0, 0.05) is 0 Å². The van der Waals surface area contributed by atoms with E-state index in [9.17, 15) is 19.5 Å². The Kier molecular flexibility index (Phi) is 10.4. The number of aliphatic carboxylic acids is 1. The van der Waals surface area contributed by atoms with Crippen LogP contribution in [-0.2, 0) is 32.0 Å². The van der Waals surface area contributed by atoms with E-state index in [1.54, 1.807) is 0 Å². The topological polar surface area (TPSA) is 114 Å². The van der Waals surface area contributed by atoms with Gasteiger partial charge in [-0.05, 0) is 49.9 Å². The third-order valence-electron chi connectivity index (χ3n) is 5.88.